The molecule has 13 heavy (non-hydrogen) atoms. The first kappa shape index (κ1) is 8.37. The number of aromatic nitrogens is 1. The van der Waals surface area contributed by atoms with Crippen LogP contribution in [0, 0.1) is 0 Å². The van der Waals surface area contributed by atoms with Crippen LogP contribution in [0.15, 0.2) is 29.4 Å². The molecular formula is C8H10N4S. The Morgan fingerprint density at radius 3 is 3.00 bits per heavy atom. The molecule has 2 heterocycles. The van der Waals surface area contributed by atoms with Gasteiger partial charge in [-0.2, -0.15) is 0 Å². The number of thioether (sulfide) groups is 1. The summed E-state index contributed by atoms with van der Waals surface area (Å²) >= 11 is 1.71. The first-order valence-corrected chi connectivity index (χ1v) is 5.04. The van der Waals surface area contributed by atoms with Crippen LogP contribution in [0.4, 0.5) is 5.82 Å². The minimum Gasteiger partial charge on any atom is -0.283 e. The lowest BCUT2D eigenvalue weighted by atomic mass is 10.5. The molecule has 0 spiro atoms. The van der Waals surface area contributed by atoms with Crippen molar-refractivity contribution in [3.05, 3.63) is 24.4 Å². The summed E-state index contributed by atoms with van der Waals surface area (Å²) in [5.41, 5.74) is 5.97. The quantitative estimate of drug-likeness (QED) is 0.692. The second-order valence-electron chi connectivity index (χ2n) is 2.50. The van der Waals surface area contributed by atoms with Crippen molar-refractivity contribution in [2.75, 3.05) is 17.7 Å². The van der Waals surface area contributed by atoms with Crippen LogP contribution in [0.1, 0.15) is 0 Å². The van der Waals surface area contributed by atoms with Crippen LogP contribution in [0.25, 0.3) is 0 Å². The highest BCUT2D eigenvalue weighted by Gasteiger charge is 2.05. The van der Waals surface area contributed by atoms with Crippen molar-refractivity contribution in [3.63, 3.8) is 0 Å². The summed E-state index contributed by atoms with van der Waals surface area (Å²) < 4.78 is 0. The van der Waals surface area contributed by atoms with Gasteiger partial charge in [0, 0.05) is 11.9 Å². The molecular weight excluding hydrogens is 184 g/mol. The highest BCUT2D eigenvalue weighted by molar-refractivity contribution is 8.14. The molecule has 2 N–H and O–H groups in total. The van der Waals surface area contributed by atoms with Crippen LogP contribution in [-0.2, 0) is 0 Å². The van der Waals surface area contributed by atoms with Crippen molar-refractivity contribution in [1.29, 1.82) is 0 Å². The van der Waals surface area contributed by atoms with Crippen molar-refractivity contribution in [3.8, 4) is 0 Å². The van der Waals surface area contributed by atoms with Gasteiger partial charge >= 0.3 is 0 Å². The summed E-state index contributed by atoms with van der Waals surface area (Å²) in [5, 5.41) is 0.936. The molecule has 68 valence electrons. The Hall–Kier alpha value is -1.23. The molecule has 1 aliphatic heterocycles. The predicted octanol–water partition coefficient (Wildman–Crippen LogP) is 1.10. The summed E-state index contributed by atoms with van der Waals surface area (Å²) in [6, 6.07) is 5.71. The predicted molar refractivity (Wildman–Crippen MR) is 55.8 cm³/mol. The average molecular weight is 194 g/mol. The largest absolute Gasteiger partial charge is 0.283 e. The van der Waals surface area contributed by atoms with E-state index in [0.29, 0.717) is 0 Å². The number of nitrogens with zero attached hydrogens (tertiary/aromatic N) is 2. The SMILES string of the molecule is c1ccc(NNC2=NCCS2)nc1. The minimum atomic E-state index is 0.803. The van der Waals surface area contributed by atoms with Crippen LogP contribution >= 0.6 is 11.8 Å². The van der Waals surface area contributed by atoms with E-state index in [1.807, 2.05) is 18.2 Å². The third kappa shape index (κ3) is 2.35. The number of amidine groups is 1. The third-order valence-corrected chi connectivity index (χ3v) is 2.44. The van der Waals surface area contributed by atoms with Gasteiger partial charge in [0.2, 0.25) is 0 Å². The smallest absolute Gasteiger partial charge is 0.175 e. The third-order valence-electron chi connectivity index (χ3n) is 1.55. The Morgan fingerprint density at radius 2 is 2.31 bits per heavy atom. The number of hydrazine groups is 1. The number of nitrogens with one attached hydrogen (secondary N) is 2. The Balaban J connectivity index is 1.86. The first-order valence-electron chi connectivity index (χ1n) is 4.05. The van der Waals surface area contributed by atoms with Crippen LogP contribution < -0.4 is 10.9 Å². The molecule has 0 radical (unpaired) electrons. The van der Waals surface area contributed by atoms with Gasteiger partial charge in [-0.05, 0) is 12.1 Å². The molecule has 2 rings (SSSR count). The lowest BCUT2D eigenvalue weighted by molar-refractivity contribution is 1.07. The fraction of sp³-hybridized carbons (Fsp3) is 0.250. The topological polar surface area (TPSA) is 49.3 Å². The molecule has 4 nitrogen and oxygen atoms in total. The van der Waals surface area contributed by atoms with Crippen molar-refractivity contribution in [2.45, 2.75) is 0 Å². The Labute approximate surface area is 80.8 Å². The molecule has 0 bridgehead atoms. The lowest BCUT2D eigenvalue weighted by Crippen LogP contribution is -2.26. The normalized spacial score (nSPS) is 15.2. The fourth-order valence-corrected chi connectivity index (χ4v) is 1.65. The number of rotatable bonds is 2. The summed E-state index contributed by atoms with van der Waals surface area (Å²) in [7, 11) is 0. The molecule has 0 aromatic carbocycles. The number of hydrogen-bond acceptors (Lipinski definition) is 5. The first-order chi connectivity index (χ1) is 6.45. The van der Waals surface area contributed by atoms with Gasteiger partial charge < -0.3 is 0 Å². The van der Waals surface area contributed by atoms with Gasteiger partial charge in [0.05, 0.1) is 6.54 Å². The van der Waals surface area contributed by atoms with Gasteiger partial charge in [0.25, 0.3) is 0 Å². The number of hydrogen-bond donors (Lipinski definition) is 2. The molecule has 0 amide bonds. The van der Waals surface area contributed by atoms with Gasteiger partial charge in [-0.25, -0.2) is 4.98 Å². The number of anilines is 1. The number of pyridine rings is 1. The van der Waals surface area contributed by atoms with Crippen molar-refractivity contribution < 1.29 is 0 Å². The van der Waals surface area contributed by atoms with E-state index in [2.05, 4.69) is 20.8 Å². The van der Waals surface area contributed by atoms with Gasteiger partial charge in [0.1, 0.15) is 5.82 Å². The average Bonchev–Trinajstić information content (AvgIpc) is 2.69. The van der Waals surface area contributed by atoms with E-state index in [4.69, 9.17) is 0 Å². The standard InChI is InChI=1S/C8H10N4S/c1-2-4-9-7(3-1)11-12-8-10-5-6-13-8/h1-4H,5-6H2,(H,9,11)(H,10,12). The van der Waals surface area contributed by atoms with E-state index < -0.39 is 0 Å². The Bertz CT molecular complexity index is 298. The molecule has 1 aromatic heterocycles. The van der Waals surface area contributed by atoms with Gasteiger partial charge in [-0.3, -0.25) is 15.8 Å². The van der Waals surface area contributed by atoms with Crippen molar-refractivity contribution in [1.82, 2.24) is 10.4 Å². The highest BCUT2D eigenvalue weighted by Crippen LogP contribution is 2.08. The molecule has 0 saturated heterocycles. The van der Waals surface area contributed by atoms with Crippen molar-refractivity contribution in [2.24, 2.45) is 4.99 Å². The summed E-state index contributed by atoms with van der Waals surface area (Å²) in [6.07, 6.45) is 1.74. The second kappa shape index (κ2) is 4.13. The molecule has 1 aromatic rings. The summed E-state index contributed by atoms with van der Waals surface area (Å²) in [6.45, 7) is 0.900. The van der Waals surface area contributed by atoms with Crippen LogP contribution in [-0.4, -0.2) is 22.4 Å². The molecule has 0 atom stereocenters. The zero-order valence-electron chi connectivity index (χ0n) is 7.03. The number of aliphatic imine (C=N–C) groups is 1. The minimum absolute atomic E-state index is 0.803. The lowest BCUT2D eigenvalue weighted by Gasteiger charge is -2.06. The van der Waals surface area contributed by atoms with E-state index in [9.17, 15) is 0 Å². The van der Waals surface area contributed by atoms with Crippen LogP contribution in [0.3, 0.4) is 0 Å². The molecule has 5 heteroatoms. The van der Waals surface area contributed by atoms with E-state index >= 15 is 0 Å². The van der Waals surface area contributed by atoms with Crippen LogP contribution in [0.2, 0.25) is 0 Å². The van der Waals surface area contributed by atoms with Gasteiger partial charge in [0.15, 0.2) is 5.17 Å². The van der Waals surface area contributed by atoms with E-state index in [1.165, 1.54) is 0 Å². The zero-order chi connectivity index (χ0) is 8.93. The fourth-order valence-electron chi connectivity index (χ4n) is 0.965. The molecule has 0 unspecified atom stereocenters. The molecule has 0 saturated carbocycles. The maximum Gasteiger partial charge on any atom is 0.175 e. The van der Waals surface area contributed by atoms with Gasteiger partial charge in [-0.1, -0.05) is 17.8 Å². The Morgan fingerprint density at radius 1 is 1.31 bits per heavy atom. The highest BCUT2D eigenvalue weighted by atomic mass is 32.2. The summed E-state index contributed by atoms with van der Waals surface area (Å²) in [4.78, 5) is 8.33. The second-order valence-corrected chi connectivity index (χ2v) is 3.58. The van der Waals surface area contributed by atoms with Gasteiger partial charge in [-0.15, -0.1) is 0 Å². The van der Waals surface area contributed by atoms with Crippen molar-refractivity contribution >= 4 is 22.7 Å². The summed E-state index contributed by atoms with van der Waals surface area (Å²) in [5.74, 6) is 1.87. The Kier molecular flexibility index (Phi) is 2.66. The molecule has 1 aliphatic rings. The molecule has 0 aliphatic carbocycles. The van der Waals surface area contributed by atoms with E-state index in [-0.39, 0.29) is 0 Å². The van der Waals surface area contributed by atoms with E-state index in [0.717, 1.165) is 23.3 Å². The molecule has 0 fully saturated rings. The maximum atomic E-state index is 4.23. The monoisotopic (exact) mass is 194 g/mol. The zero-order valence-corrected chi connectivity index (χ0v) is 7.84. The maximum absolute atomic E-state index is 4.23. The van der Waals surface area contributed by atoms with Crippen LogP contribution in [0.5, 0.6) is 0 Å². The van der Waals surface area contributed by atoms with E-state index in [1.54, 1.807) is 18.0 Å².